The van der Waals surface area contributed by atoms with Gasteiger partial charge in [-0.15, -0.1) is 0 Å². The predicted octanol–water partition coefficient (Wildman–Crippen LogP) is 10.6. The van der Waals surface area contributed by atoms with Gasteiger partial charge >= 0.3 is 0 Å². The highest BCUT2D eigenvalue weighted by atomic mass is 28.3. The molecule has 0 aliphatic carbocycles. The number of hydrogen-bond donors (Lipinski definition) is 0. The first-order valence-corrected chi connectivity index (χ1v) is 25.2. The van der Waals surface area contributed by atoms with E-state index in [0.717, 1.165) is 22.7 Å². The van der Waals surface area contributed by atoms with Gasteiger partial charge in [0.1, 0.15) is 16.1 Å². The lowest BCUT2D eigenvalue weighted by Gasteiger charge is -2.23. The quantitative estimate of drug-likeness (QED) is 0.0922. The molecule has 0 fully saturated rings. The van der Waals surface area contributed by atoms with Crippen LogP contribution in [0.3, 0.4) is 0 Å². The van der Waals surface area contributed by atoms with Crippen molar-refractivity contribution in [1.29, 1.82) is 0 Å². The average Bonchev–Trinajstić information content (AvgIpc) is 3.61. The third-order valence-electron chi connectivity index (χ3n) is 11.8. The van der Waals surface area contributed by atoms with Crippen LogP contribution in [0.15, 0.2) is 180 Å². The Hall–Kier alpha value is -5.95. The SMILES string of the molecule is C=C(N=C(N=C(C)c1cccc2c1[Si](C)(C)c1cccc(-c3ccccc3)c1-2)c1cccc2c1[Si](C)(C)c1cccc(-c3ccccc3)c1-2)c1ccccc1. The average molecular weight is 741 g/mol. The van der Waals surface area contributed by atoms with E-state index in [0.29, 0.717) is 5.70 Å². The van der Waals surface area contributed by atoms with Crippen molar-refractivity contribution in [3.8, 4) is 44.5 Å². The molecule has 0 radical (unpaired) electrons. The van der Waals surface area contributed by atoms with E-state index in [2.05, 4.69) is 185 Å². The molecule has 0 amide bonds. The minimum Gasteiger partial charge on any atom is -0.233 e. The lowest BCUT2D eigenvalue weighted by atomic mass is 9.93. The van der Waals surface area contributed by atoms with E-state index in [1.165, 1.54) is 70.8 Å². The van der Waals surface area contributed by atoms with Gasteiger partial charge in [-0.05, 0) is 83.3 Å². The number of rotatable bonds is 6. The molecule has 2 aliphatic heterocycles. The van der Waals surface area contributed by atoms with Crippen molar-refractivity contribution in [1.82, 2.24) is 0 Å². The van der Waals surface area contributed by atoms with Crippen molar-refractivity contribution < 1.29 is 0 Å². The molecule has 7 aromatic carbocycles. The molecule has 2 heterocycles. The molecular formula is C51H44N2Si2. The fourth-order valence-electron chi connectivity index (χ4n) is 9.26. The van der Waals surface area contributed by atoms with Gasteiger partial charge in [-0.2, -0.15) is 0 Å². The van der Waals surface area contributed by atoms with Crippen LogP contribution < -0.4 is 20.7 Å². The monoisotopic (exact) mass is 740 g/mol. The lowest BCUT2D eigenvalue weighted by molar-refractivity contribution is 1.45. The maximum Gasteiger partial charge on any atom is 0.159 e. The fourth-order valence-corrected chi connectivity index (χ4v) is 16.2. The van der Waals surface area contributed by atoms with Crippen molar-refractivity contribution in [2.24, 2.45) is 9.98 Å². The summed E-state index contributed by atoms with van der Waals surface area (Å²) in [5.74, 6) is 0.718. The number of amidine groups is 1. The van der Waals surface area contributed by atoms with Crippen molar-refractivity contribution in [3.63, 3.8) is 0 Å². The Morgan fingerprint density at radius 1 is 0.436 bits per heavy atom. The van der Waals surface area contributed by atoms with Gasteiger partial charge in [-0.1, -0.05) is 197 Å². The van der Waals surface area contributed by atoms with E-state index in [9.17, 15) is 0 Å². The van der Waals surface area contributed by atoms with E-state index < -0.39 is 16.1 Å². The molecule has 0 saturated heterocycles. The maximum atomic E-state index is 5.61. The van der Waals surface area contributed by atoms with Crippen LogP contribution in [0.1, 0.15) is 23.6 Å². The highest BCUT2D eigenvalue weighted by molar-refractivity contribution is 7.05. The van der Waals surface area contributed by atoms with E-state index in [1.54, 1.807) is 0 Å². The summed E-state index contributed by atoms with van der Waals surface area (Å²) < 4.78 is 0. The van der Waals surface area contributed by atoms with Gasteiger partial charge in [0.15, 0.2) is 5.84 Å². The van der Waals surface area contributed by atoms with E-state index in [-0.39, 0.29) is 0 Å². The third kappa shape index (κ3) is 5.67. The molecule has 0 unspecified atom stereocenters. The number of hydrogen-bond acceptors (Lipinski definition) is 1. The Morgan fingerprint density at radius 2 is 0.855 bits per heavy atom. The lowest BCUT2D eigenvalue weighted by Crippen LogP contribution is -2.51. The molecule has 0 bridgehead atoms. The van der Waals surface area contributed by atoms with Gasteiger partial charge in [-0.3, -0.25) is 0 Å². The van der Waals surface area contributed by atoms with Crippen LogP contribution in [-0.4, -0.2) is 27.7 Å². The van der Waals surface area contributed by atoms with Crippen LogP contribution in [0.5, 0.6) is 0 Å². The summed E-state index contributed by atoms with van der Waals surface area (Å²) >= 11 is 0. The number of benzene rings is 7. The van der Waals surface area contributed by atoms with Crippen molar-refractivity contribution in [2.75, 3.05) is 0 Å². The second kappa shape index (κ2) is 13.4. The molecule has 266 valence electrons. The standard InChI is InChI=1S/C51H44N2Si2/c1-34(36-20-10-7-11-21-36)52-51(44-31-17-30-43-48-41(38-24-14-9-15-25-38)28-19-33-46(48)55(5,6)50(43)44)53-35(2)39-26-16-29-42-47-40(37-22-12-8-13-23-37)27-18-32-45(47)54(3,4)49(39)42/h7-33H,1H2,2-6H3. The highest BCUT2D eigenvalue weighted by Gasteiger charge is 2.42. The molecule has 4 heteroatoms. The first kappa shape index (κ1) is 34.8. The Kier molecular flexibility index (Phi) is 8.49. The largest absolute Gasteiger partial charge is 0.233 e. The van der Waals surface area contributed by atoms with Crippen molar-refractivity contribution in [2.45, 2.75) is 33.1 Å². The summed E-state index contributed by atoms with van der Waals surface area (Å²) in [5.41, 5.74) is 15.4. The predicted molar refractivity (Wildman–Crippen MR) is 242 cm³/mol. The minimum atomic E-state index is -2.21. The fraction of sp³-hybridized carbons (Fsp3) is 0.0980. The Morgan fingerprint density at radius 3 is 1.36 bits per heavy atom. The molecule has 0 aromatic heterocycles. The molecule has 7 aromatic rings. The van der Waals surface area contributed by atoms with Gasteiger partial charge in [0, 0.05) is 11.3 Å². The Balaban J connectivity index is 1.25. The smallest absolute Gasteiger partial charge is 0.159 e. The van der Waals surface area contributed by atoms with Gasteiger partial charge in [0.2, 0.25) is 0 Å². The zero-order valence-corrected chi connectivity index (χ0v) is 34.2. The molecular weight excluding hydrogens is 697 g/mol. The first-order chi connectivity index (χ1) is 26.7. The van der Waals surface area contributed by atoms with E-state index >= 15 is 0 Å². The normalized spacial score (nSPS) is 14.9. The zero-order valence-electron chi connectivity index (χ0n) is 32.2. The summed E-state index contributed by atoms with van der Waals surface area (Å²) in [7, 11) is -4.33. The van der Waals surface area contributed by atoms with Crippen LogP contribution in [0.25, 0.3) is 50.2 Å². The number of aliphatic imine (C=N–C) groups is 2. The molecule has 2 aliphatic rings. The summed E-state index contributed by atoms with van der Waals surface area (Å²) in [4.78, 5) is 11.0. The molecule has 0 N–H and O–H groups in total. The van der Waals surface area contributed by atoms with Crippen molar-refractivity contribution in [3.05, 3.63) is 187 Å². The topological polar surface area (TPSA) is 24.7 Å². The summed E-state index contributed by atoms with van der Waals surface area (Å²) in [6, 6.07) is 59.2. The molecule has 0 spiro atoms. The first-order valence-electron chi connectivity index (χ1n) is 19.2. The molecule has 0 atom stereocenters. The second-order valence-corrected chi connectivity index (χ2v) is 24.4. The third-order valence-corrected chi connectivity index (χ3v) is 18.9. The highest BCUT2D eigenvalue weighted by Crippen LogP contribution is 2.39. The zero-order chi connectivity index (χ0) is 37.9. The number of fused-ring (bicyclic) bond motifs is 6. The van der Waals surface area contributed by atoms with Crippen LogP contribution in [0.2, 0.25) is 26.2 Å². The van der Waals surface area contributed by atoms with Gasteiger partial charge < -0.3 is 0 Å². The van der Waals surface area contributed by atoms with Crippen LogP contribution in [0, 0.1) is 0 Å². The Bertz CT molecular complexity index is 2710. The Labute approximate surface area is 327 Å². The summed E-state index contributed by atoms with van der Waals surface area (Å²) in [6.07, 6.45) is 0. The maximum absolute atomic E-state index is 5.61. The summed E-state index contributed by atoms with van der Waals surface area (Å²) in [5, 5.41) is 5.77. The van der Waals surface area contributed by atoms with Gasteiger partial charge in [-0.25, -0.2) is 9.98 Å². The van der Waals surface area contributed by atoms with E-state index in [4.69, 9.17) is 9.98 Å². The second-order valence-electron chi connectivity index (χ2n) is 15.8. The van der Waals surface area contributed by atoms with Crippen LogP contribution in [0.4, 0.5) is 0 Å². The van der Waals surface area contributed by atoms with Gasteiger partial charge in [0.05, 0.1) is 5.70 Å². The molecule has 55 heavy (non-hydrogen) atoms. The summed E-state index contributed by atoms with van der Waals surface area (Å²) in [6.45, 7) is 16.6. The molecule has 2 nitrogen and oxygen atoms in total. The van der Waals surface area contributed by atoms with Crippen LogP contribution in [-0.2, 0) is 0 Å². The molecule has 0 saturated carbocycles. The van der Waals surface area contributed by atoms with E-state index in [1.807, 2.05) is 18.2 Å². The van der Waals surface area contributed by atoms with Crippen molar-refractivity contribution >= 4 is 54.1 Å². The van der Waals surface area contributed by atoms with Crippen LogP contribution >= 0.6 is 0 Å². The van der Waals surface area contributed by atoms with Gasteiger partial charge in [0.25, 0.3) is 0 Å². The molecule has 9 rings (SSSR count). The minimum absolute atomic E-state index is 0.706. The number of nitrogens with zero attached hydrogens (tertiary/aromatic N) is 2.